The summed E-state index contributed by atoms with van der Waals surface area (Å²) in [4.78, 5) is 7.83. The molecule has 2 aromatic heterocycles. The van der Waals surface area contributed by atoms with Crippen molar-refractivity contribution in [1.82, 2.24) is 20.0 Å². The summed E-state index contributed by atoms with van der Waals surface area (Å²) >= 11 is 0. The summed E-state index contributed by atoms with van der Waals surface area (Å²) < 4.78 is 0. The summed E-state index contributed by atoms with van der Waals surface area (Å²) in [6.45, 7) is 2.09. The molecule has 0 unspecified atom stereocenters. The largest absolute Gasteiger partial charge is 0.382 e. The summed E-state index contributed by atoms with van der Waals surface area (Å²) in [7, 11) is 3.83. The number of nitrogens with two attached hydrogens (primary N) is 1. The van der Waals surface area contributed by atoms with E-state index in [1.165, 1.54) is 0 Å². The lowest BCUT2D eigenvalue weighted by Gasteiger charge is -2.32. The Morgan fingerprint density at radius 1 is 1.29 bits per heavy atom. The van der Waals surface area contributed by atoms with Crippen LogP contribution in [0.3, 0.4) is 0 Å². The number of nitrogen functional groups attached to an aromatic ring is 1. The molecule has 6 nitrogen and oxygen atoms in total. The SMILES string of the molecule is C[C@H]1c2nn(C)nc2-c2ccnc(N)c2N1C. The van der Waals surface area contributed by atoms with Crippen LogP contribution in [0.15, 0.2) is 12.3 Å². The molecule has 0 aromatic carbocycles. The predicted octanol–water partition coefficient (Wildman–Crippen LogP) is 0.970. The predicted molar refractivity (Wildman–Crippen MR) is 65.5 cm³/mol. The molecule has 6 heteroatoms. The third-order valence-corrected chi connectivity index (χ3v) is 3.28. The number of pyridine rings is 1. The number of nitrogens with zero attached hydrogens (tertiary/aromatic N) is 5. The van der Waals surface area contributed by atoms with E-state index in [1.807, 2.05) is 20.2 Å². The van der Waals surface area contributed by atoms with Crippen molar-refractivity contribution in [2.75, 3.05) is 17.7 Å². The normalized spacial score (nSPS) is 17.8. The Kier molecular flexibility index (Phi) is 1.89. The van der Waals surface area contributed by atoms with Gasteiger partial charge >= 0.3 is 0 Å². The average Bonchev–Trinajstić information content (AvgIpc) is 2.68. The molecule has 0 saturated carbocycles. The van der Waals surface area contributed by atoms with Gasteiger partial charge in [0.15, 0.2) is 0 Å². The zero-order chi connectivity index (χ0) is 12.2. The highest BCUT2D eigenvalue weighted by atomic mass is 15.5. The van der Waals surface area contributed by atoms with E-state index in [0.717, 1.165) is 22.6 Å². The fraction of sp³-hybridized carbons (Fsp3) is 0.364. The number of aryl methyl sites for hydroxylation is 1. The standard InChI is InChI=1S/C11H14N6/c1-6-8-9(15-17(3)14-8)7-4-5-13-11(12)10(7)16(6)2/h4-6H,1-3H3,(H2,12,13)/t6-/m0/s1. The number of hydrogen-bond donors (Lipinski definition) is 1. The molecule has 0 fully saturated rings. The summed E-state index contributed by atoms with van der Waals surface area (Å²) in [5.41, 5.74) is 9.77. The van der Waals surface area contributed by atoms with E-state index in [0.29, 0.717) is 5.82 Å². The summed E-state index contributed by atoms with van der Waals surface area (Å²) in [5, 5.41) is 8.83. The first-order chi connectivity index (χ1) is 8.09. The van der Waals surface area contributed by atoms with Crippen LogP contribution in [-0.4, -0.2) is 27.0 Å². The first kappa shape index (κ1) is 10.1. The number of rotatable bonds is 0. The van der Waals surface area contributed by atoms with E-state index in [9.17, 15) is 0 Å². The topological polar surface area (TPSA) is 72.9 Å². The highest BCUT2D eigenvalue weighted by Gasteiger charge is 2.31. The highest BCUT2D eigenvalue weighted by Crippen LogP contribution is 2.43. The molecule has 88 valence electrons. The van der Waals surface area contributed by atoms with E-state index in [1.54, 1.807) is 11.0 Å². The van der Waals surface area contributed by atoms with Crippen LogP contribution in [0.4, 0.5) is 11.5 Å². The van der Waals surface area contributed by atoms with Crippen molar-refractivity contribution in [3.63, 3.8) is 0 Å². The molecule has 0 amide bonds. The van der Waals surface area contributed by atoms with Crippen LogP contribution in [-0.2, 0) is 7.05 Å². The van der Waals surface area contributed by atoms with Gasteiger partial charge in [-0.1, -0.05) is 0 Å². The second-order valence-corrected chi connectivity index (χ2v) is 4.30. The number of fused-ring (bicyclic) bond motifs is 3. The summed E-state index contributed by atoms with van der Waals surface area (Å²) in [6.07, 6.45) is 1.70. The second kappa shape index (κ2) is 3.19. The van der Waals surface area contributed by atoms with E-state index in [-0.39, 0.29) is 6.04 Å². The fourth-order valence-corrected chi connectivity index (χ4v) is 2.30. The summed E-state index contributed by atoms with van der Waals surface area (Å²) in [6, 6.07) is 2.08. The molecule has 3 rings (SSSR count). The van der Waals surface area contributed by atoms with Gasteiger partial charge in [-0.25, -0.2) is 4.98 Å². The van der Waals surface area contributed by atoms with Crippen molar-refractivity contribution in [2.24, 2.45) is 7.05 Å². The second-order valence-electron chi connectivity index (χ2n) is 4.30. The first-order valence-electron chi connectivity index (χ1n) is 5.48. The van der Waals surface area contributed by atoms with E-state index >= 15 is 0 Å². The monoisotopic (exact) mass is 230 g/mol. The Balaban J connectivity index is 2.35. The van der Waals surface area contributed by atoms with E-state index in [2.05, 4.69) is 27.0 Å². The number of hydrogen-bond acceptors (Lipinski definition) is 5. The lowest BCUT2D eigenvalue weighted by atomic mass is 9.99. The Morgan fingerprint density at radius 2 is 2.06 bits per heavy atom. The van der Waals surface area contributed by atoms with Crippen LogP contribution in [0.1, 0.15) is 18.7 Å². The van der Waals surface area contributed by atoms with Crippen LogP contribution in [0.2, 0.25) is 0 Å². The van der Waals surface area contributed by atoms with Gasteiger partial charge in [0.05, 0.1) is 11.7 Å². The quantitative estimate of drug-likeness (QED) is 0.730. The molecule has 0 radical (unpaired) electrons. The van der Waals surface area contributed by atoms with Crippen molar-refractivity contribution < 1.29 is 0 Å². The van der Waals surface area contributed by atoms with Crippen molar-refractivity contribution >= 4 is 11.5 Å². The molecule has 0 bridgehead atoms. The maximum absolute atomic E-state index is 5.95. The van der Waals surface area contributed by atoms with Gasteiger partial charge in [0.1, 0.15) is 17.2 Å². The van der Waals surface area contributed by atoms with Gasteiger partial charge in [0, 0.05) is 25.9 Å². The van der Waals surface area contributed by atoms with Crippen LogP contribution in [0.5, 0.6) is 0 Å². The van der Waals surface area contributed by atoms with Crippen LogP contribution in [0, 0.1) is 0 Å². The zero-order valence-electron chi connectivity index (χ0n) is 10.0. The van der Waals surface area contributed by atoms with Gasteiger partial charge < -0.3 is 10.6 Å². The van der Waals surface area contributed by atoms with E-state index < -0.39 is 0 Å². The third kappa shape index (κ3) is 1.23. The van der Waals surface area contributed by atoms with Gasteiger partial charge in [0.2, 0.25) is 0 Å². The van der Waals surface area contributed by atoms with Crippen molar-refractivity contribution in [3.8, 4) is 11.3 Å². The molecule has 0 aliphatic carbocycles. The average molecular weight is 230 g/mol. The molecule has 1 atom stereocenters. The van der Waals surface area contributed by atoms with Gasteiger partial charge in [-0.15, -0.1) is 0 Å². The molecule has 17 heavy (non-hydrogen) atoms. The summed E-state index contributed by atoms with van der Waals surface area (Å²) in [5.74, 6) is 0.535. The Hall–Kier alpha value is -2.11. The number of anilines is 2. The van der Waals surface area contributed by atoms with Crippen molar-refractivity contribution in [3.05, 3.63) is 18.0 Å². The molecule has 2 N–H and O–H groups in total. The van der Waals surface area contributed by atoms with Crippen LogP contribution < -0.4 is 10.6 Å². The minimum absolute atomic E-state index is 0.151. The molecule has 1 aliphatic heterocycles. The Labute approximate surface area is 99.1 Å². The molecular weight excluding hydrogens is 216 g/mol. The first-order valence-corrected chi connectivity index (χ1v) is 5.48. The fourth-order valence-electron chi connectivity index (χ4n) is 2.30. The Bertz CT molecular complexity index is 588. The minimum Gasteiger partial charge on any atom is -0.382 e. The van der Waals surface area contributed by atoms with Gasteiger partial charge in [-0.3, -0.25) is 0 Å². The molecule has 1 aliphatic rings. The molecule has 2 aromatic rings. The third-order valence-electron chi connectivity index (χ3n) is 3.28. The van der Waals surface area contributed by atoms with E-state index in [4.69, 9.17) is 5.73 Å². The lowest BCUT2D eigenvalue weighted by molar-refractivity contribution is 0.625. The Morgan fingerprint density at radius 3 is 2.82 bits per heavy atom. The van der Waals surface area contributed by atoms with Gasteiger partial charge in [-0.2, -0.15) is 15.0 Å². The molecule has 0 spiro atoms. The molecule has 0 saturated heterocycles. The molecular formula is C11H14N6. The maximum Gasteiger partial charge on any atom is 0.147 e. The lowest BCUT2D eigenvalue weighted by Crippen LogP contribution is -2.27. The van der Waals surface area contributed by atoms with Crippen LogP contribution in [0.25, 0.3) is 11.3 Å². The highest BCUT2D eigenvalue weighted by molar-refractivity contribution is 5.87. The van der Waals surface area contributed by atoms with Crippen molar-refractivity contribution in [1.29, 1.82) is 0 Å². The minimum atomic E-state index is 0.151. The van der Waals surface area contributed by atoms with Crippen molar-refractivity contribution in [2.45, 2.75) is 13.0 Å². The van der Waals surface area contributed by atoms with Crippen LogP contribution >= 0.6 is 0 Å². The maximum atomic E-state index is 5.95. The smallest absolute Gasteiger partial charge is 0.147 e. The molecule has 3 heterocycles. The van der Waals surface area contributed by atoms with Gasteiger partial charge in [-0.05, 0) is 13.0 Å². The number of aromatic nitrogens is 4. The zero-order valence-corrected chi connectivity index (χ0v) is 10.0. The van der Waals surface area contributed by atoms with Gasteiger partial charge in [0.25, 0.3) is 0 Å².